The van der Waals surface area contributed by atoms with E-state index in [1.165, 1.54) is 18.3 Å². The molecule has 3 aromatic rings. The molecular formula is C18H17FN4O. The summed E-state index contributed by atoms with van der Waals surface area (Å²) in [5.41, 5.74) is 2.64. The lowest BCUT2D eigenvalue weighted by Gasteiger charge is -2.13. The molecule has 0 bridgehead atoms. The number of amides is 1. The molecule has 1 N–H and O–H groups in total. The molecule has 2 heterocycles. The number of halogens is 1. The van der Waals surface area contributed by atoms with Crippen LogP contribution in [0.15, 0.2) is 55.0 Å². The molecule has 6 heteroatoms. The van der Waals surface area contributed by atoms with Crippen LogP contribution in [-0.4, -0.2) is 20.7 Å². The van der Waals surface area contributed by atoms with Gasteiger partial charge in [-0.3, -0.25) is 9.78 Å². The largest absolute Gasteiger partial charge is 0.322 e. The molecule has 3 rings (SSSR count). The van der Waals surface area contributed by atoms with E-state index >= 15 is 0 Å². The van der Waals surface area contributed by atoms with E-state index in [1.807, 2.05) is 13.8 Å². The summed E-state index contributed by atoms with van der Waals surface area (Å²) in [5.74, 6) is -0.485. The van der Waals surface area contributed by atoms with Crippen molar-refractivity contribution in [3.8, 4) is 5.69 Å². The summed E-state index contributed by atoms with van der Waals surface area (Å²) >= 11 is 0. The van der Waals surface area contributed by atoms with Crippen molar-refractivity contribution >= 4 is 11.6 Å². The Balaban J connectivity index is 1.97. The lowest BCUT2D eigenvalue weighted by atomic mass is 10.0. The third-order valence-corrected chi connectivity index (χ3v) is 3.61. The number of pyridine rings is 1. The number of benzene rings is 1. The standard InChI is InChI=1S/C18H17FN4O/c1-12(2)17-16(18(24)22-14-7-9-20-10-8-14)11-21-23(17)15-5-3-13(19)4-6-15/h3-12H,1-2H3,(H,20,22,24). The van der Waals surface area contributed by atoms with E-state index in [9.17, 15) is 9.18 Å². The van der Waals surface area contributed by atoms with Gasteiger partial charge in [-0.05, 0) is 42.3 Å². The van der Waals surface area contributed by atoms with Crippen molar-refractivity contribution in [2.45, 2.75) is 19.8 Å². The molecule has 5 nitrogen and oxygen atoms in total. The van der Waals surface area contributed by atoms with E-state index in [4.69, 9.17) is 0 Å². The molecule has 0 aliphatic heterocycles. The molecule has 0 atom stereocenters. The van der Waals surface area contributed by atoms with Gasteiger partial charge in [0.25, 0.3) is 5.91 Å². The SMILES string of the molecule is CC(C)c1c(C(=O)Nc2ccncc2)cnn1-c1ccc(F)cc1. The zero-order valence-corrected chi connectivity index (χ0v) is 13.4. The number of carbonyl (C=O) groups is 1. The number of carbonyl (C=O) groups excluding carboxylic acids is 1. The predicted molar refractivity (Wildman–Crippen MR) is 89.8 cm³/mol. The maximum absolute atomic E-state index is 13.1. The molecule has 122 valence electrons. The van der Waals surface area contributed by atoms with E-state index in [1.54, 1.807) is 41.3 Å². The lowest BCUT2D eigenvalue weighted by Crippen LogP contribution is -2.15. The molecule has 0 aliphatic rings. The van der Waals surface area contributed by atoms with E-state index in [0.717, 1.165) is 5.69 Å². The van der Waals surface area contributed by atoms with Crippen LogP contribution in [0.4, 0.5) is 10.1 Å². The molecule has 0 aliphatic carbocycles. The van der Waals surface area contributed by atoms with E-state index in [-0.39, 0.29) is 17.6 Å². The third-order valence-electron chi connectivity index (χ3n) is 3.61. The van der Waals surface area contributed by atoms with Crippen LogP contribution in [0.2, 0.25) is 0 Å². The highest BCUT2D eigenvalue weighted by Crippen LogP contribution is 2.24. The number of aromatic nitrogens is 3. The van der Waals surface area contributed by atoms with E-state index < -0.39 is 0 Å². The van der Waals surface area contributed by atoms with Crippen molar-refractivity contribution in [2.75, 3.05) is 5.32 Å². The van der Waals surface area contributed by atoms with Gasteiger partial charge in [0.1, 0.15) is 5.82 Å². The van der Waals surface area contributed by atoms with Gasteiger partial charge >= 0.3 is 0 Å². The summed E-state index contributed by atoms with van der Waals surface area (Å²) in [6.45, 7) is 3.97. The minimum Gasteiger partial charge on any atom is -0.322 e. The molecule has 0 saturated heterocycles. The van der Waals surface area contributed by atoms with Crippen molar-refractivity contribution in [1.82, 2.24) is 14.8 Å². The van der Waals surface area contributed by atoms with Gasteiger partial charge < -0.3 is 5.32 Å². The highest BCUT2D eigenvalue weighted by molar-refractivity contribution is 6.05. The fraction of sp³-hybridized carbons (Fsp3) is 0.167. The number of hydrogen-bond acceptors (Lipinski definition) is 3. The highest BCUT2D eigenvalue weighted by Gasteiger charge is 2.21. The van der Waals surface area contributed by atoms with Crippen LogP contribution in [0.5, 0.6) is 0 Å². The highest BCUT2D eigenvalue weighted by atomic mass is 19.1. The zero-order chi connectivity index (χ0) is 17.1. The second-order valence-corrected chi connectivity index (χ2v) is 5.68. The first kappa shape index (κ1) is 15.9. The minimum absolute atomic E-state index is 0.0655. The molecule has 2 aromatic heterocycles. The van der Waals surface area contributed by atoms with Gasteiger partial charge in [0.2, 0.25) is 0 Å². The predicted octanol–water partition coefficient (Wildman–Crippen LogP) is 3.78. The lowest BCUT2D eigenvalue weighted by molar-refractivity contribution is 0.102. The van der Waals surface area contributed by atoms with Gasteiger partial charge in [0.05, 0.1) is 23.1 Å². The van der Waals surface area contributed by atoms with Gasteiger partial charge in [0, 0.05) is 18.1 Å². The molecule has 24 heavy (non-hydrogen) atoms. The zero-order valence-electron chi connectivity index (χ0n) is 13.4. The molecule has 1 aromatic carbocycles. The molecule has 0 spiro atoms. The Morgan fingerprint density at radius 2 is 1.79 bits per heavy atom. The van der Waals surface area contributed by atoms with Crippen LogP contribution in [0.1, 0.15) is 35.8 Å². The topological polar surface area (TPSA) is 59.8 Å². The van der Waals surface area contributed by atoms with Crippen LogP contribution < -0.4 is 5.32 Å². The summed E-state index contributed by atoms with van der Waals surface area (Å²) in [4.78, 5) is 16.5. The maximum atomic E-state index is 13.1. The van der Waals surface area contributed by atoms with Crippen molar-refractivity contribution < 1.29 is 9.18 Å². The van der Waals surface area contributed by atoms with Crippen molar-refractivity contribution in [1.29, 1.82) is 0 Å². The maximum Gasteiger partial charge on any atom is 0.259 e. The van der Waals surface area contributed by atoms with Crippen molar-refractivity contribution in [3.63, 3.8) is 0 Å². The number of rotatable bonds is 4. The molecule has 0 radical (unpaired) electrons. The smallest absolute Gasteiger partial charge is 0.259 e. The molecular weight excluding hydrogens is 307 g/mol. The fourth-order valence-corrected chi connectivity index (χ4v) is 2.51. The van der Waals surface area contributed by atoms with Crippen LogP contribution in [-0.2, 0) is 0 Å². The first-order valence-electron chi connectivity index (χ1n) is 7.61. The Morgan fingerprint density at radius 3 is 2.42 bits per heavy atom. The average Bonchev–Trinajstić information content (AvgIpc) is 3.02. The van der Waals surface area contributed by atoms with Crippen molar-refractivity contribution in [3.05, 3.63) is 72.1 Å². The van der Waals surface area contributed by atoms with E-state index in [2.05, 4.69) is 15.4 Å². The van der Waals surface area contributed by atoms with Gasteiger partial charge in [-0.1, -0.05) is 13.8 Å². The van der Waals surface area contributed by atoms with Gasteiger partial charge in [-0.2, -0.15) is 5.10 Å². The summed E-state index contributed by atoms with van der Waals surface area (Å²) in [5, 5.41) is 7.16. The minimum atomic E-state index is -0.312. The Labute approximate surface area is 139 Å². The fourth-order valence-electron chi connectivity index (χ4n) is 2.51. The Bertz CT molecular complexity index is 841. The summed E-state index contributed by atoms with van der Waals surface area (Å²) in [6, 6.07) is 9.46. The molecule has 0 fully saturated rings. The second-order valence-electron chi connectivity index (χ2n) is 5.68. The first-order valence-corrected chi connectivity index (χ1v) is 7.61. The Hall–Kier alpha value is -3.02. The number of nitrogens with zero attached hydrogens (tertiary/aromatic N) is 3. The molecule has 1 amide bonds. The van der Waals surface area contributed by atoms with Gasteiger partial charge in [-0.15, -0.1) is 0 Å². The number of anilines is 1. The van der Waals surface area contributed by atoms with Crippen LogP contribution in [0, 0.1) is 5.82 Å². The van der Waals surface area contributed by atoms with Crippen LogP contribution in [0.3, 0.4) is 0 Å². The average molecular weight is 324 g/mol. The normalized spacial score (nSPS) is 10.8. The summed E-state index contributed by atoms with van der Waals surface area (Å²) in [7, 11) is 0. The second kappa shape index (κ2) is 6.62. The van der Waals surface area contributed by atoms with Crippen LogP contribution in [0.25, 0.3) is 5.69 Å². The van der Waals surface area contributed by atoms with E-state index in [0.29, 0.717) is 16.9 Å². The summed E-state index contributed by atoms with van der Waals surface area (Å²) in [6.07, 6.45) is 4.76. The molecule has 0 unspecified atom stereocenters. The van der Waals surface area contributed by atoms with Crippen LogP contribution >= 0.6 is 0 Å². The monoisotopic (exact) mass is 324 g/mol. The first-order chi connectivity index (χ1) is 11.6. The Morgan fingerprint density at radius 1 is 1.12 bits per heavy atom. The van der Waals surface area contributed by atoms with Gasteiger partial charge in [0.15, 0.2) is 0 Å². The summed E-state index contributed by atoms with van der Waals surface area (Å²) < 4.78 is 14.8. The Kier molecular flexibility index (Phi) is 4.37. The quantitative estimate of drug-likeness (QED) is 0.794. The molecule has 0 saturated carbocycles. The van der Waals surface area contributed by atoms with Gasteiger partial charge in [-0.25, -0.2) is 9.07 Å². The number of nitrogens with one attached hydrogen (secondary N) is 1. The number of hydrogen-bond donors (Lipinski definition) is 1. The van der Waals surface area contributed by atoms with Crippen molar-refractivity contribution in [2.24, 2.45) is 0 Å². The third kappa shape index (κ3) is 3.17.